The first kappa shape index (κ1) is 18.2. The molecule has 0 aromatic heterocycles. The van der Waals surface area contributed by atoms with Gasteiger partial charge >= 0.3 is 0 Å². The van der Waals surface area contributed by atoms with Crippen molar-refractivity contribution in [3.8, 4) is 0 Å². The van der Waals surface area contributed by atoms with Crippen molar-refractivity contribution in [2.45, 2.75) is 30.7 Å². The number of carbonyl (C=O) groups is 1. The van der Waals surface area contributed by atoms with Crippen LogP contribution in [-0.2, 0) is 16.4 Å². The van der Waals surface area contributed by atoms with Crippen molar-refractivity contribution in [2.24, 2.45) is 0 Å². The third-order valence-electron chi connectivity index (χ3n) is 3.81. The number of carbonyl (C=O) groups excluding carboxylic acids is 1. The van der Waals surface area contributed by atoms with Crippen molar-refractivity contribution < 1.29 is 13.2 Å². The molecule has 0 unspecified atom stereocenters. The van der Waals surface area contributed by atoms with E-state index in [2.05, 4.69) is 49.5 Å². The summed E-state index contributed by atoms with van der Waals surface area (Å²) in [6, 6.07) is 16.6. The zero-order valence-electron chi connectivity index (χ0n) is 14.0. The predicted molar refractivity (Wildman–Crippen MR) is 94.4 cm³/mol. The Morgan fingerprint density at radius 2 is 1.58 bits per heavy atom. The van der Waals surface area contributed by atoms with E-state index in [1.54, 1.807) is 12.1 Å². The molecular weight excluding hydrogens is 324 g/mol. The number of nitrogens with one attached hydrogen (secondary N) is 2. The quantitative estimate of drug-likeness (QED) is 0.894. The lowest BCUT2D eigenvalue weighted by Crippen LogP contribution is -2.38. The number of rotatable bonds is 3. The number of fused-ring (bicyclic) bond motifs is 1. The smallest absolute Gasteiger partial charge is 0.266 e. The zero-order chi connectivity index (χ0) is 17.8. The molecule has 128 valence electrons. The van der Waals surface area contributed by atoms with E-state index in [0.29, 0.717) is 0 Å². The van der Waals surface area contributed by atoms with Crippen LogP contribution in [0.3, 0.4) is 0 Å². The minimum atomic E-state index is -3.55. The number of sulfonamides is 1. The fourth-order valence-electron chi connectivity index (χ4n) is 2.32. The molecule has 2 N–H and O–H groups in total. The summed E-state index contributed by atoms with van der Waals surface area (Å²) in [5, 5.41) is 3.29. The molecule has 1 heterocycles. The monoisotopic (exact) mass is 346 g/mol. The van der Waals surface area contributed by atoms with Gasteiger partial charge in [0.25, 0.3) is 15.9 Å². The summed E-state index contributed by atoms with van der Waals surface area (Å²) in [4.78, 5) is 11.1. The first-order chi connectivity index (χ1) is 11.2. The second-order valence-electron chi connectivity index (χ2n) is 6.23. The Hall–Kier alpha value is -2.18. The van der Waals surface area contributed by atoms with Gasteiger partial charge in [-0.3, -0.25) is 4.79 Å². The molecule has 0 atom stereocenters. The van der Waals surface area contributed by atoms with Crippen molar-refractivity contribution in [2.75, 3.05) is 7.05 Å². The zero-order valence-corrected chi connectivity index (χ0v) is 14.9. The van der Waals surface area contributed by atoms with Crippen molar-refractivity contribution in [1.29, 1.82) is 0 Å². The highest BCUT2D eigenvalue weighted by Crippen LogP contribution is 2.20. The van der Waals surface area contributed by atoms with E-state index < -0.39 is 15.9 Å². The van der Waals surface area contributed by atoms with Gasteiger partial charge in [0.15, 0.2) is 0 Å². The largest absolute Gasteiger partial charge is 0.314 e. The second-order valence-corrected chi connectivity index (χ2v) is 7.88. The third-order valence-corrected chi connectivity index (χ3v) is 5.20. The molecule has 2 aromatic rings. The molecule has 0 radical (unpaired) electrons. The SMILES string of the molecule is CNC(C)(C)Cc1ccccc1.O=C1NS(=O)(=O)c2ccccc21. The Balaban J connectivity index is 0.000000174. The maximum atomic E-state index is 11.1. The normalized spacial score (nSPS) is 15.0. The number of likely N-dealkylation sites (N-methyl/N-ethyl adjacent to an activating group) is 1. The second kappa shape index (κ2) is 7.15. The predicted octanol–water partition coefficient (Wildman–Crippen LogP) is 2.35. The topological polar surface area (TPSA) is 75.3 Å². The van der Waals surface area contributed by atoms with Crippen LogP contribution in [0.1, 0.15) is 29.8 Å². The van der Waals surface area contributed by atoms with Crippen LogP contribution in [0.15, 0.2) is 59.5 Å². The molecule has 1 amide bonds. The maximum absolute atomic E-state index is 11.1. The Morgan fingerprint density at radius 1 is 1.00 bits per heavy atom. The van der Waals surface area contributed by atoms with Crippen molar-refractivity contribution in [3.63, 3.8) is 0 Å². The van der Waals surface area contributed by atoms with E-state index in [1.165, 1.54) is 17.7 Å². The van der Waals surface area contributed by atoms with E-state index in [9.17, 15) is 13.2 Å². The number of hydrogen-bond donors (Lipinski definition) is 2. The van der Waals surface area contributed by atoms with Gasteiger partial charge in [0.2, 0.25) is 0 Å². The summed E-state index contributed by atoms with van der Waals surface area (Å²) >= 11 is 0. The lowest BCUT2D eigenvalue weighted by molar-refractivity contribution is 0.0985. The molecule has 1 aliphatic heterocycles. The maximum Gasteiger partial charge on any atom is 0.266 e. The standard InChI is InChI=1S/C11H17N.C7H5NO3S/c1-11(2,12-3)9-10-7-5-4-6-8-10;9-7-5-3-1-2-4-6(5)12(10,11)8-7/h4-8,12H,9H2,1-3H3;1-4H,(H,8,9). The van der Waals surface area contributed by atoms with Crippen LogP contribution in [-0.4, -0.2) is 26.9 Å². The summed E-state index contributed by atoms with van der Waals surface area (Å²) in [6.07, 6.45) is 1.07. The molecule has 24 heavy (non-hydrogen) atoms. The van der Waals surface area contributed by atoms with Crippen LogP contribution in [0.4, 0.5) is 0 Å². The van der Waals surface area contributed by atoms with E-state index in [0.717, 1.165) is 6.42 Å². The van der Waals surface area contributed by atoms with Gasteiger partial charge in [-0.25, -0.2) is 13.1 Å². The fraction of sp³-hybridized carbons (Fsp3) is 0.278. The first-order valence-electron chi connectivity index (χ1n) is 7.64. The molecule has 0 saturated carbocycles. The molecule has 6 heteroatoms. The van der Waals surface area contributed by atoms with E-state index in [-0.39, 0.29) is 16.0 Å². The molecular formula is C18H22N2O3S. The van der Waals surface area contributed by atoms with Crippen LogP contribution in [0.2, 0.25) is 0 Å². The van der Waals surface area contributed by atoms with E-state index >= 15 is 0 Å². The van der Waals surface area contributed by atoms with Gasteiger partial charge < -0.3 is 5.32 Å². The lowest BCUT2D eigenvalue weighted by atomic mass is 9.95. The van der Waals surface area contributed by atoms with Gasteiger partial charge in [0.1, 0.15) is 4.90 Å². The van der Waals surface area contributed by atoms with Gasteiger partial charge in [-0.05, 0) is 45.0 Å². The van der Waals surface area contributed by atoms with Crippen molar-refractivity contribution in [1.82, 2.24) is 10.0 Å². The van der Waals surface area contributed by atoms with Crippen molar-refractivity contribution in [3.05, 3.63) is 65.7 Å². The Labute approximate surface area is 143 Å². The summed E-state index contributed by atoms with van der Waals surface area (Å²) < 4.78 is 24.2. The summed E-state index contributed by atoms with van der Waals surface area (Å²) in [7, 11) is -1.55. The van der Waals surface area contributed by atoms with Crippen LogP contribution in [0, 0.1) is 0 Å². The number of hydrogen-bond acceptors (Lipinski definition) is 4. The number of amides is 1. The van der Waals surface area contributed by atoms with E-state index in [1.807, 2.05) is 11.8 Å². The van der Waals surface area contributed by atoms with Crippen molar-refractivity contribution >= 4 is 15.9 Å². The van der Waals surface area contributed by atoms with Crippen LogP contribution in [0.5, 0.6) is 0 Å². The van der Waals surface area contributed by atoms with Crippen LogP contribution in [0.25, 0.3) is 0 Å². The van der Waals surface area contributed by atoms with Gasteiger partial charge in [-0.15, -0.1) is 0 Å². The first-order valence-corrected chi connectivity index (χ1v) is 9.12. The van der Waals surface area contributed by atoms with Gasteiger partial charge in [-0.1, -0.05) is 42.5 Å². The van der Waals surface area contributed by atoms with Gasteiger partial charge in [-0.2, -0.15) is 0 Å². The van der Waals surface area contributed by atoms with E-state index in [4.69, 9.17) is 0 Å². The van der Waals surface area contributed by atoms with Gasteiger partial charge in [0.05, 0.1) is 5.56 Å². The Morgan fingerprint density at radius 3 is 2.17 bits per heavy atom. The Bertz CT molecular complexity index is 815. The number of benzene rings is 2. The average Bonchev–Trinajstić information content (AvgIpc) is 2.79. The highest BCUT2D eigenvalue weighted by Gasteiger charge is 2.31. The van der Waals surface area contributed by atoms with Gasteiger partial charge in [0, 0.05) is 5.54 Å². The fourth-order valence-corrected chi connectivity index (χ4v) is 3.49. The molecule has 1 aliphatic rings. The minimum absolute atomic E-state index is 0.0648. The Kier molecular flexibility index (Phi) is 5.41. The molecule has 0 aliphatic carbocycles. The molecule has 3 rings (SSSR count). The summed E-state index contributed by atoms with van der Waals surface area (Å²) in [5.41, 5.74) is 1.80. The molecule has 0 saturated heterocycles. The minimum Gasteiger partial charge on any atom is -0.314 e. The van der Waals surface area contributed by atoms with Crippen LogP contribution < -0.4 is 10.0 Å². The molecule has 5 nitrogen and oxygen atoms in total. The molecule has 0 fully saturated rings. The average molecular weight is 346 g/mol. The molecule has 0 bridgehead atoms. The van der Waals surface area contributed by atoms with Crippen LogP contribution >= 0.6 is 0 Å². The summed E-state index contributed by atoms with van der Waals surface area (Å²) in [6.45, 7) is 4.42. The molecule has 0 spiro atoms. The third kappa shape index (κ3) is 4.43. The highest BCUT2D eigenvalue weighted by atomic mass is 32.2. The lowest BCUT2D eigenvalue weighted by Gasteiger charge is -2.23. The molecule has 2 aromatic carbocycles. The highest BCUT2D eigenvalue weighted by molar-refractivity contribution is 7.90. The summed E-state index contributed by atoms with van der Waals surface area (Å²) in [5.74, 6) is -0.550.